The van der Waals surface area contributed by atoms with E-state index in [-0.39, 0.29) is 12.1 Å². The van der Waals surface area contributed by atoms with Gasteiger partial charge >= 0.3 is 0 Å². The quantitative estimate of drug-likeness (QED) is 0.795. The molecular formula is C10H15N3O2. The molecule has 2 N–H and O–H groups in total. The Bertz CT molecular complexity index is 332. The molecule has 82 valence electrons. The summed E-state index contributed by atoms with van der Waals surface area (Å²) in [6, 6.07) is 0.258. The van der Waals surface area contributed by atoms with Gasteiger partial charge in [0.2, 0.25) is 11.8 Å². The van der Waals surface area contributed by atoms with Crippen LogP contribution in [0.1, 0.15) is 19.3 Å². The lowest BCUT2D eigenvalue weighted by molar-refractivity contribution is 0.196. The van der Waals surface area contributed by atoms with Crippen molar-refractivity contribution in [1.29, 1.82) is 0 Å². The Kier molecular flexibility index (Phi) is 3.01. The van der Waals surface area contributed by atoms with Gasteiger partial charge in [-0.3, -0.25) is 4.98 Å². The molecule has 1 heterocycles. The third kappa shape index (κ3) is 2.56. The van der Waals surface area contributed by atoms with Crippen LogP contribution in [0.25, 0.3) is 0 Å². The molecule has 2 unspecified atom stereocenters. The smallest absolute Gasteiger partial charge is 0.235 e. The van der Waals surface area contributed by atoms with Crippen LogP contribution >= 0.6 is 0 Å². The monoisotopic (exact) mass is 209 g/mol. The van der Waals surface area contributed by atoms with Gasteiger partial charge in [0.25, 0.3) is 0 Å². The second-order valence-electron chi connectivity index (χ2n) is 3.71. The minimum absolute atomic E-state index is 0.168. The average molecular weight is 209 g/mol. The highest BCUT2D eigenvalue weighted by Crippen LogP contribution is 2.22. The minimum Gasteiger partial charge on any atom is -0.480 e. The molecule has 5 nitrogen and oxygen atoms in total. The summed E-state index contributed by atoms with van der Waals surface area (Å²) in [5, 5.41) is 0. The van der Waals surface area contributed by atoms with E-state index in [0.717, 1.165) is 19.3 Å². The predicted octanol–water partition coefficient (Wildman–Crippen LogP) is 0.744. The molecule has 0 aliphatic heterocycles. The maximum absolute atomic E-state index is 5.79. The van der Waals surface area contributed by atoms with E-state index >= 15 is 0 Å². The van der Waals surface area contributed by atoms with Crippen LogP contribution in [0.2, 0.25) is 0 Å². The summed E-state index contributed by atoms with van der Waals surface area (Å²) in [5.41, 5.74) is 5.79. The van der Waals surface area contributed by atoms with Gasteiger partial charge < -0.3 is 15.2 Å². The Morgan fingerprint density at radius 1 is 1.33 bits per heavy atom. The van der Waals surface area contributed by atoms with E-state index < -0.39 is 0 Å². The van der Waals surface area contributed by atoms with Crippen LogP contribution in [0, 0.1) is 0 Å². The molecule has 5 heteroatoms. The molecule has 1 aliphatic carbocycles. The van der Waals surface area contributed by atoms with Crippen LogP contribution in [0.3, 0.4) is 0 Å². The van der Waals surface area contributed by atoms with E-state index in [2.05, 4.69) is 9.97 Å². The van der Waals surface area contributed by atoms with Crippen LogP contribution in [-0.4, -0.2) is 29.2 Å². The fraction of sp³-hybridized carbons (Fsp3) is 0.600. The van der Waals surface area contributed by atoms with Gasteiger partial charge in [0.15, 0.2) is 0 Å². The molecule has 2 atom stereocenters. The average Bonchev–Trinajstić information content (AvgIpc) is 2.64. The van der Waals surface area contributed by atoms with E-state index in [1.807, 2.05) is 0 Å². The second kappa shape index (κ2) is 4.44. The molecule has 0 aromatic carbocycles. The molecule has 1 fully saturated rings. The van der Waals surface area contributed by atoms with Gasteiger partial charge in [-0.25, -0.2) is 0 Å². The summed E-state index contributed by atoms with van der Waals surface area (Å²) >= 11 is 0. The topological polar surface area (TPSA) is 70.3 Å². The van der Waals surface area contributed by atoms with Crippen LogP contribution in [0.15, 0.2) is 12.4 Å². The summed E-state index contributed by atoms with van der Waals surface area (Å²) < 4.78 is 10.6. The summed E-state index contributed by atoms with van der Waals surface area (Å²) in [6.45, 7) is 0. The summed E-state index contributed by atoms with van der Waals surface area (Å²) in [6.07, 6.45) is 6.20. The van der Waals surface area contributed by atoms with Gasteiger partial charge in [-0.05, 0) is 19.3 Å². The minimum atomic E-state index is 0.168. The first kappa shape index (κ1) is 10.2. The standard InChI is InChI=1S/C10H15N3O2/c1-14-9-5-12-6-10(13-9)15-8-3-2-7(11)4-8/h5-8H,2-4,11H2,1H3. The SMILES string of the molecule is COc1cncc(OC2CCC(N)C2)n1. The van der Waals surface area contributed by atoms with E-state index in [1.54, 1.807) is 19.5 Å². The van der Waals surface area contributed by atoms with Gasteiger partial charge in [0, 0.05) is 6.04 Å². The number of nitrogens with zero attached hydrogens (tertiary/aromatic N) is 2. The van der Waals surface area contributed by atoms with Crippen molar-refractivity contribution in [3.63, 3.8) is 0 Å². The van der Waals surface area contributed by atoms with Crippen LogP contribution in [-0.2, 0) is 0 Å². The van der Waals surface area contributed by atoms with E-state index in [1.165, 1.54) is 0 Å². The maximum Gasteiger partial charge on any atom is 0.235 e. The molecule has 0 bridgehead atoms. The normalized spacial score (nSPS) is 25.2. The van der Waals surface area contributed by atoms with Gasteiger partial charge in [-0.2, -0.15) is 4.98 Å². The molecule has 1 aromatic heterocycles. The first-order chi connectivity index (χ1) is 7.28. The van der Waals surface area contributed by atoms with Crippen molar-refractivity contribution < 1.29 is 9.47 Å². The van der Waals surface area contributed by atoms with Crippen LogP contribution in [0.5, 0.6) is 11.8 Å². The maximum atomic E-state index is 5.79. The van der Waals surface area contributed by atoms with Gasteiger partial charge in [-0.15, -0.1) is 0 Å². The fourth-order valence-corrected chi connectivity index (χ4v) is 1.74. The van der Waals surface area contributed by atoms with E-state index in [0.29, 0.717) is 11.8 Å². The van der Waals surface area contributed by atoms with E-state index in [4.69, 9.17) is 15.2 Å². The molecule has 15 heavy (non-hydrogen) atoms. The molecule has 0 amide bonds. The number of methoxy groups -OCH3 is 1. The lowest BCUT2D eigenvalue weighted by atomic mass is 10.3. The zero-order valence-corrected chi connectivity index (χ0v) is 8.72. The van der Waals surface area contributed by atoms with Crippen molar-refractivity contribution in [2.75, 3.05) is 7.11 Å². The number of rotatable bonds is 3. The Morgan fingerprint density at radius 3 is 2.80 bits per heavy atom. The van der Waals surface area contributed by atoms with Crippen LogP contribution in [0.4, 0.5) is 0 Å². The molecule has 0 saturated heterocycles. The number of aromatic nitrogens is 2. The largest absolute Gasteiger partial charge is 0.480 e. The summed E-state index contributed by atoms with van der Waals surface area (Å²) in [7, 11) is 1.55. The van der Waals surface area contributed by atoms with Crippen molar-refractivity contribution in [3.8, 4) is 11.8 Å². The predicted molar refractivity (Wildman–Crippen MR) is 54.8 cm³/mol. The van der Waals surface area contributed by atoms with Crippen molar-refractivity contribution in [2.24, 2.45) is 5.73 Å². The summed E-state index contributed by atoms with van der Waals surface area (Å²) in [5.74, 6) is 0.975. The molecule has 1 aromatic rings. The van der Waals surface area contributed by atoms with Gasteiger partial charge in [-0.1, -0.05) is 0 Å². The third-order valence-electron chi connectivity index (χ3n) is 2.51. The molecule has 0 radical (unpaired) electrons. The fourth-order valence-electron chi connectivity index (χ4n) is 1.74. The Hall–Kier alpha value is -1.36. The van der Waals surface area contributed by atoms with Crippen LogP contribution < -0.4 is 15.2 Å². The lowest BCUT2D eigenvalue weighted by Gasteiger charge is -2.12. The molecule has 2 rings (SSSR count). The van der Waals surface area contributed by atoms with Crippen molar-refractivity contribution in [2.45, 2.75) is 31.4 Å². The molecular weight excluding hydrogens is 194 g/mol. The zero-order chi connectivity index (χ0) is 10.7. The highest BCUT2D eigenvalue weighted by atomic mass is 16.5. The van der Waals surface area contributed by atoms with Crippen molar-refractivity contribution in [3.05, 3.63) is 12.4 Å². The van der Waals surface area contributed by atoms with Crippen molar-refractivity contribution >= 4 is 0 Å². The summed E-state index contributed by atoms with van der Waals surface area (Å²) in [4.78, 5) is 8.10. The molecule has 0 spiro atoms. The Labute approximate surface area is 88.6 Å². The number of ether oxygens (including phenoxy) is 2. The number of nitrogens with two attached hydrogens (primary N) is 1. The highest BCUT2D eigenvalue weighted by molar-refractivity contribution is 5.12. The lowest BCUT2D eigenvalue weighted by Crippen LogP contribution is -2.19. The number of hydrogen-bond acceptors (Lipinski definition) is 5. The molecule has 1 aliphatic rings. The van der Waals surface area contributed by atoms with Gasteiger partial charge in [0.1, 0.15) is 6.10 Å². The highest BCUT2D eigenvalue weighted by Gasteiger charge is 2.23. The first-order valence-corrected chi connectivity index (χ1v) is 5.06. The zero-order valence-electron chi connectivity index (χ0n) is 8.72. The first-order valence-electron chi connectivity index (χ1n) is 5.06. The number of hydrogen-bond donors (Lipinski definition) is 1. The Balaban J connectivity index is 1.98. The third-order valence-corrected chi connectivity index (χ3v) is 2.51. The van der Waals surface area contributed by atoms with Crippen molar-refractivity contribution in [1.82, 2.24) is 9.97 Å². The van der Waals surface area contributed by atoms with E-state index in [9.17, 15) is 0 Å². The Morgan fingerprint density at radius 2 is 2.13 bits per heavy atom. The van der Waals surface area contributed by atoms with Gasteiger partial charge in [0.05, 0.1) is 19.5 Å². The molecule has 1 saturated carbocycles. The second-order valence-corrected chi connectivity index (χ2v) is 3.71.